The second kappa shape index (κ2) is 8.09. The molecule has 2 N–H and O–H groups in total. The normalized spacial score (nSPS) is 21.1. The minimum absolute atomic E-state index is 0.539. The Hall–Kier alpha value is -1.16. The molecule has 1 saturated heterocycles. The molecule has 0 unspecified atom stereocenters. The van der Waals surface area contributed by atoms with Gasteiger partial charge >= 0.3 is 0 Å². The summed E-state index contributed by atoms with van der Waals surface area (Å²) in [5, 5.41) is 4.42. The molecule has 2 aromatic rings. The van der Waals surface area contributed by atoms with E-state index in [1.165, 1.54) is 36.4 Å². The van der Waals surface area contributed by atoms with Crippen LogP contribution in [0.15, 0.2) is 53.4 Å². The maximum atomic E-state index is 6.23. The monoisotopic (exact) mass is 347 g/mol. The van der Waals surface area contributed by atoms with E-state index in [2.05, 4.69) is 41.9 Å². The van der Waals surface area contributed by atoms with Crippen molar-refractivity contribution >= 4 is 29.1 Å². The standard InChI is InChI=1S/C19H23ClN2S/c1-23-17-8-6-15(7-9-17)14-22-12-10-16(11-13-22)21-19-5-3-2-4-18(19)20/h2-9,16,21H,10-14H2,1H3/p+1. The number of quaternary nitrogens is 1. The summed E-state index contributed by atoms with van der Waals surface area (Å²) in [4.78, 5) is 3.02. The van der Waals surface area contributed by atoms with Gasteiger partial charge in [-0.15, -0.1) is 11.8 Å². The number of hydrogen-bond donors (Lipinski definition) is 2. The largest absolute Gasteiger partial charge is 0.381 e. The minimum Gasteiger partial charge on any atom is -0.381 e. The fourth-order valence-corrected chi connectivity index (χ4v) is 3.78. The van der Waals surface area contributed by atoms with Crippen LogP contribution in [-0.4, -0.2) is 25.4 Å². The number of thioether (sulfide) groups is 1. The minimum atomic E-state index is 0.539. The molecule has 2 nitrogen and oxygen atoms in total. The van der Waals surface area contributed by atoms with Crippen LogP contribution in [0.3, 0.4) is 0 Å². The molecular formula is C19H24ClN2S+. The van der Waals surface area contributed by atoms with Crippen LogP contribution in [0.5, 0.6) is 0 Å². The first-order chi connectivity index (χ1) is 11.2. The zero-order valence-corrected chi connectivity index (χ0v) is 15.1. The number of para-hydroxylation sites is 1. The average Bonchev–Trinajstić information content (AvgIpc) is 2.59. The van der Waals surface area contributed by atoms with Gasteiger partial charge in [-0.05, 0) is 30.5 Å². The van der Waals surface area contributed by atoms with Gasteiger partial charge in [-0.1, -0.05) is 35.9 Å². The van der Waals surface area contributed by atoms with Gasteiger partial charge < -0.3 is 10.2 Å². The lowest BCUT2D eigenvalue weighted by Gasteiger charge is -2.30. The number of nitrogens with one attached hydrogen (secondary N) is 2. The highest BCUT2D eigenvalue weighted by Crippen LogP contribution is 2.22. The number of anilines is 1. The van der Waals surface area contributed by atoms with Gasteiger partial charge in [0.05, 0.1) is 23.8 Å². The summed E-state index contributed by atoms with van der Waals surface area (Å²) < 4.78 is 0. The van der Waals surface area contributed by atoms with Crippen LogP contribution < -0.4 is 10.2 Å². The van der Waals surface area contributed by atoms with Crippen molar-refractivity contribution in [3.05, 3.63) is 59.1 Å². The Morgan fingerprint density at radius 3 is 2.43 bits per heavy atom. The van der Waals surface area contributed by atoms with E-state index in [4.69, 9.17) is 11.6 Å². The molecule has 1 aliphatic rings. The second-order valence-corrected chi connectivity index (χ2v) is 7.46. The number of rotatable bonds is 5. The zero-order chi connectivity index (χ0) is 16.1. The molecular weight excluding hydrogens is 324 g/mol. The summed E-state index contributed by atoms with van der Waals surface area (Å²) in [5.74, 6) is 0. The summed E-state index contributed by atoms with van der Waals surface area (Å²) in [5.41, 5.74) is 2.51. The van der Waals surface area contributed by atoms with E-state index in [0.29, 0.717) is 6.04 Å². The van der Waals surface area contributed by atoms with Crippen LogP contribution in [-0.2, 0) is 6.54 Å². The van der Waals surface area contributed by atoms with Gasteiger partial charge in [0.25, 0.3) is 0 Å². The van der Waals surface area contributed by atoms with Gasteiger partial charge in [0.1, 0.15) is 6.54 Å². The van der Waals surface area contributed by atoms with Crippen molar-refractivity contribution in [2.24, 2.45) is 0 Å². The molecule has 0 spiro atoms. The van der Waals surface area contributed by atoms with Gasteiger partial charge in [-0.2, -0.15) is 0 Å². The first kappa shape index (κ1) is 16.7. The summed E-state index contributed by atoms with van der Waals surface area (Å²) in [7, 11) is 0. The maximum absolute atomic E-state index is 6.23. The van der Waals surface area contributed by atoms with E-state index in [0.717, 1.165) is 17.3 Å². The lowest BCUT2D eigenvalue weighted by molar-refractivity contribution is -0.918. The molecule has 1 fully saturated rings. The molecule has 2 aromatic carbocycles. The third-order valence-electron chi connectivity index (χ3n) is 4.54. The fraction of sp³-hybridized carbons (Fsp3) is 0.368. The zero-order valence-electron chi connectivity index (χ0n) is 13.5. The number of piperidine rings is 1. The van der Waals surface area contributed by atoms with Crippen molar-refractivity contribution in [3.8, 4) is 0 Å². The number of halogens is 1. The van der Waals surface area contributed by atoms with E-state index in [1.807, 2.05) is 18.2 Å². The Kier molecular flexibility index (Phi) is 5.87. The quantitative estimate of drug-likeness (QED) is 0.802. The molecule has 0 bridgehead atoms. The Morgan fingerprint density at radius 1 is 1.09 bits per heavy atom. The topological polar surface area (TPSA) is 16.5 Å². The smallest absolute Gasteiger partial charge is 0.103 e. The van der Waals surface area contributed by atoms with E-state index in [1.54, 1.807) is 16.7 Å². The second-order valence-electron chi connectivity index (χ2n) is 6.17. The van der Waals surface area contributed by atoms with Crippen LogP contribution in [0.25, 0.3) is 0 Å². The Morgan fingerprint density at radius 2 is 1.78 bits per heavy atom. The number of likely N-dealkylation sites (tertiary alicyclic amines) is 1. The highest BCUT2D eigenvalue weighted by atomic mass is 35.5. The summed E-state index contributed by atoms with van der Waals surface area (Å²) in [6.45, 7) is 3.56. The van der Waals surface area contributed by atoms with Crippen molar-refractivity contribution in [2.45, 2.75) is 30.3 Å². The van der Waals surface area contributed by atoms with E-state index in [9.17, 15) is 0 Å². The van der Waals surface area contributed by atoms with Crippen molar-refractivity contribution < 1.29 is 4.90 Å². The lowest BCUT2D eigenvalue weighted by Crippen LogP contribution is -3.12. The number of benzene rings is 2. The molecule has 0 radical (unpaired) electrons. The highest BCUT2D eigenvalue weighted by Gasteiger charge is 2.22. The van der Waals surface area contributed by atoms with Gasteiger partial charge in [-0.25, -0.2) is 0 Å². The molecule has 0 saturated carbocycles. The third-order valence-corrected chi connectivity index (χ3v) is 5.61. The first-order valence-corrected chi connectivity index (χ1v) is 9.82. The molecule has 122 valence electrons. The van der Waals surface area contributed by atoms with Gasteiger partial charge in [0.15, 0.2) is 0 Å². The average molecular weight is 348 g/mol. The summed E-state index contributed by atoms with van der Waals surface area (Å²) in [6, 6.07) is 17.6. The molecule has 23 heavy (non-hydrogen) atoms. The predicted molar refractivity (Wildman–Crippen MR) is 101 cm³/mol. The number of hydrogen-bond acceptors (Lipinski definition) is 2. The molecule has 1 aliphatic heterocycles. The highest BCUT2D eigenvalue weighted by molar-refractivity contribution is 7.98. The van der Waals surface area contributed by atoms with Crippen molar-refractivity contribution in [3.63, 3.8) is 0 Å². The van der Waals surface area contributed by atoms with E-state index < -0.39 is 0 Å². The summed E-state index contributed by atoms with van der Waals surface area (Å²) >= 11 is 8.03. The van der Waals surface area contributed by atoms with Crippen LogP contribution in [0, 0.1) is 0 Å². The molecule has 0 aromatic heterocycles. The van der Waals surface area contributed by atoms with Gasteiger partial charge in [0, 0.05) is 29.3 Å². The summed E-state index contributed by atoms with van der Waals surface area (Å²) in [6.07, 6.45) is 4.52. The third kappa shape index (κ3) is 4.66. The van der Waals surface area contributed by atoms with Gasteiger partial charge in [-0.3, -0.25) is 0 Å². The molecule has 3 rings (SSSR count). The molecule has 0 aliphatic carbocycles. The fourth-order valence-electron chi connectivity index (χ4n) is 3.18. The van der Waals surface area contributed by atoms with Crippen LogP contribution in [0.2, 0.25) is 5.02 Å². The van der Waals surface area contributed by atoms with E-state index in [-0.39, 0.29) is 0 Å². The Balaban J connectivity index is 1.49. The van der Waals surface area contributed by atoms with E-state index >= 15 is 0 Å². The van der Waals surface area contributed by atoms with Crippen molar-refractivity contribution in [2.75, 3.05) is 24.7 Å². The van der Waals surface area contributed by atoms with Crippen molar-refractivity contribution in [1.82, 2.24) is 0 Å². The SMILES string of the molecule is CSc1ccc(C[NH+]2CCC(Nc3ccccc3Cl)CC2)cc1. The van der Waals surface area contributed by atoms with Crippen LogP contribution in [0.4, 0.5) is 5.69 Å². The molecule has 0 atom stereocenters. The predicted octanol–water partition coefficient (Wildman–Crippen LogP) is 3.72. The first-order valence-electron chi connectivity index (χ1n) is 8.22. The Labute approximate surface area is 148 Å². The van der Waals surface area contributed by atoms with Gasteiger partial charge in [0.2, 0.25) is 0 Å². The van der Waals surface area contributed by atoms with Crippen molar-refractivity contribution in [1.29, 1.82) is 0 Å². The lowest BCUT2D eigenvalue weighted by atomic mass is 10.0. The molecule has 0 amide bonds. The molecule has 1 heterocycles. The maximum Gasteiger partial charge on any atom is 0.103 e. The Bertz CT molecular complexity index is 622. The van der Waals surface area contributed by atoms with Crippen LogP contribution in [0.1, 0.15) is 18.4 Å². The van der Waals surface area contributed by atoms with Crippen LogP contribution >= 0.6 is 23.4 Å². The molecule has 4 heteroatoms.